The summed E-state index contributed by atoms with van der Waals surface area (Å²) < 4.78 is 0. The maximum absolute atomic E-state index is 11.0. The monoisotopic (exact) mass is 360 g/mol. The Hall–Kier alpha value is -3.95. The largest absolute Gasteiger partial charge is 0.305 e. The minimum Gasteiger partial charge on any atom is -0.304 e. The molecular weight excluding hydrogens is 356 g/mol. The summed E-state index contributed by atoms with van der Waals surface area (Å²) >= 11 is 5.74. The van der Waals surface area contributed by atoms with Crippen LogP contribution in [0, 0.1) is 65.5 Å². The van der Waals surface area contributed by atoms with Crippen LogP contribution in [0.1, 0.15) is 0 Å². The first-order chi connectivity index (χ1) is 11.8. The second-order valence-electron chi connectivity index (χ2n) is 4.20. The van der Waals surface area contributed by atoms with Gasteiger partial charge in [0, 0.05) is 6.07 Å². The van der Waals surface area contributed by atoms with Gasteiger partial charge in [0.1, 0.15) is 0 Å². The standard InChI is InChI=1S/C12H5ClN8O4/c13-8-1-7(20(22)23)2-10(21(24)25)12(8)19-18-9(5-16)11(17)6(3-14)4-15/h1-2,6,9,17H. The molecule has 0 heterocycles. The van der Waals surface area contributed by atoms with E-state index in [0.717, 1.165) is 6.07 Å². The summed E-state index contributed by atoms with van der Waals surface area (Å²) in [6, 6.07) is 4.23. The normalized spacial score (nSPS) is 11.3. The molecule has 0 aliphatic carbocycles. The van der Waals surface area contributed by atoms with Crippen LogP contribution in [-0.4, -0.2) is 21.6 Å². The molecule has 25 heavy (non-hydrogen) atoms. The molecular formula is C12H5ClN8O4. The van der Waals surface area contributed by atoms with Crippen molar-refractivity contribution >= 4 is 34.4 Å². The lowest BCUT2D eigenvalue weighted by molar-refractivity contribution is -0.393. The maximum Gasteiger partial charge on any atom is 0.305 e. The van der Waals surface area contributed by atoms with E-state index >= 15 is 0 Å². The summed E-state index contributed by atoms with van der Waals surface area (Å²) in [5.74, 6) is -1.55. The van der Waals surface area contributed by atoms with Crippen LogP contribution in [0.3, 0.4) is 0 Å². The van der Waals surface area contributed by atoms with Gasteiger partial charge in [0.2, 0.25) is 0 Å². The third kappa shape index (κ3) is 4.28. The molecule has 1 atom stereocenters. The van der Waals surface area contributed by atoms with Crippen molar-refractivity contribution in [1.29, 1.82) is 21.2 Å². The minimum atomic E-state index is -1.66. The van der Waals surface area contributed by atoms with Gasteiger partial charge in [0.25, 0.3) is 5.69 Å². The molecule has 0 amide bonds. The Morgan fingerprint density at radius 3 is 2.20 bits per heavy atom. The van der Waals surface area contributed by atoms with Gasteiger partial charge in [-0.15, -0.1) is 5.11 Å². The van der Waals surface area contributed by atoms with Crippen molar-refractivity contribution in [3.63, 3.8) is 0 Å². The molecule has 0 saturated carbocycles. The number of hydrogen-bond acceptors (Lipinski definition) is 10. The Labute approximate surface area is 144 Å². The van der Waals surface area contributed by atoms with E-state index in [4.69, 9.17) is 32.8 Å². The van der Waals surface area contributed by atoms with Crippen LogP contribution in [0.5, 0.6) is 0 Å². The molecule has 0 fully saturated rings. The number of nitro benzene ring substituents is 2. The number of hydrogen-bond donors (Lipinski definition) is 1. The molecule has 1 aromatic carbocycles. The van der Waals surface area contributed by atoms with Crippen LogP contribution in [0.15, 0.2) is 22.4 Å². The van der Waals surface area contributed by atoms with Crippen molar-refractivity contribution in [2.45, 2.75) is 6.04 Å². The number of nitriles is 3. The number of halogens is 1. The average Bonchev–Trinajstić information content (AvgIpc) is 2.56. The van der Waals surface area contributed by atoms with Gasteiger partial charge < -0.3 is 5.41 Å². The first kappa shape index (κ1) is 19.1. The van der Waals surface area contributed by atoms with Crippen LogP contribution in [0.2, 0.25) is 5.02 Å². The fourth-order valence-electron chi connectivity index (χ4n) is 1.51. The Morgan fingerprint density at radius 2 is 1.76 bits per heavy atom. The molecule has 1 unspecified atom stereocenters. The van der Waals surface area contributed by atoms with Crippen LogP contribution in [0.4, 0.5) is 17.1 Å². The van der Waals surface area contributed by atoms with Crippen molar-refractivity contribution in [1.82, 2.24) is 0 Å². The Balaban J connectivity index is 3.36. The predicted molar refractivity (Wildman–Crippen MR) is 81.1 cm³/mol. The zero-order valence-electron chi connectivity index (χ0n) is 12.0. The van der Waals surface area contributed by atoms with Crippen molar-refractivity contribution in [2.75, 3.05) is 0 Å². The van der Waals surface area contributed by atoms with E-state index < -0.39 is 49.6 Å². The molecule has 1 rings (SSSR count). The Kier molecular flexibility index (Phi) is 6.16. The highest BCUT2D eigenvalue weighted by Crippen LogP contribution is 2.39. The molecule has 0 bridgehead atoms. The third-order valence-electron chi connectivity index (χ3n) is 2.69. The molecule has 1 aromatic rings. The van der Waals surface area contributed by atoms with Gasteiger partial charge in [-0.2, -0.15) is 20.9 Å². The van der Waals surface area contributed by atoms with E-state index in [1.54, 1.807) is 0 Å². The molecule has 124 valence electrons. The SMILES string of the molecule is N#CC(C#N)C(=N)C(C#N)N=Nc1c(Cl)cc([N+](=O)[O-])cc1[N+](=O)[O-]. The summed E-state index contributed by atoms with van der Waals surface area (Å²) in [6.45, 7) is 0. The number of nitro groups is 2. The molecule has 0 aromatic heterocycles. The summed E-state index contributed by atoms with van der Waals surface area (Å²) in [4.78, 5) is 19.9. The average molecular weight is 361 g/mol. The first-order valence-electron chi connectivity index (χ1n) is 6.07. The van der Waals surface area contributed by atoms with E-state index in [-0.39, 0.29) is 0 Å². The van der Waals surface area contributed by atoms with E-state index in [2.05, 4.69) is 10.2 Å². The molecule has 0 aliphatic heterocycles. The number of non-ortho nitro benzene ring substituents is 1. The van der Waals surface area contributed by atoms with Gasteiger partial charge in [0.15, 0.2) is 17.6 Å². The topological polar surface area (TPSA) is 206 Å². The summed E-state index contributed by atoms with van der Waals surface area (Å²) in [5, 5.41) is 62.0. The Bertz CT molecular complexity index is 893. The number of nitrogens with zero attached hydrogens (tertiary/aromatic N) is 7. The molecule has 12 nitrogen and oxygen atoms in total. The van der Waals surface area contributed by atoms with Crippen molar-refractivity contribution < 1.29 is 9.85 Å². The zero-order valence-corrected chi connectivity index (χ0v) is 12.7. The number of rotatable bonds is 6. The second kappa shape index (κ2) is 8.06. The van der Waals surface area contributed by atoms with E-state index in [1.165, 1.54) is 18.2 Å². The van der Waals surface area contributed by atoms with Crippen LogP contribution in [-0.2, 0) is 0 Å². The highest BCUT2D eigenvalue weighted by Gasteiger charge is 2.26. The molecule has 0 aliphatic rings. The zero-order chi connectivity index (χ0) is 19.1. The second-order valence-corrected chi connectivity index (χ2v) is 4.61. The predicted octanol–water partition coefficient (Wildman–Crippen LogP) is 2.82. The number of benzene rings is 1. The van der Waals surface area contributed by atoms with Crippen molar-refractivity contribution in [3.05, 3.63) is 37.4 Å². The fourth-order valence-corrected chi connectivity index (χ4v) is 1.76. The molecule has 0 radical (unpaired) electrons. The lowest BCUT2D eigenvalue weighted by Gasteiger charge is -2.05. The van der Waals surface area contributed by atoms with E-state index in [0.29, 0.717) is 6.07 Å². The fraction of sp³-hybridized carbons (Fsp3) is 0.167. The smallest absolute Gasteiger partial charge is 0.304 e. The van der Waals surface area contributed by atoms with Crippen LogP contribution >= 0.6 is 11.6 Å². The van der Waals surface area contributed by atoms with E-state index in [1.807, 2.05) is 0 Å². The number of azo groups is 1. The van der Waals surface area contributed by atoms with E-state index in [9.17, 15) is 20.2 Å². The van der Waals surface area contributed by atoms with Gasteiger partial charge in [-0.05, 0) is 0 Å². The highest BCUT2D eigenvalue weighted by molar-refractivity contribution is 6.33. The first-order valence-corrected chi connectivity index (χ1v) is 6.45. The van der Waals surface area contributed by atoms with Crippen molar-refractivity contribution in [3.8, 4) is 18.2 Å². The summed E-state index contributed by atoms with van der Waals surface area (Å²) in [7, 11) is 0. The minimum absolute atomic E-state index is 0.468. The molecule has 0 spiro atoms. The number of nitrogens with one attached hydrogen (secondary N) is 1. The van der Waals surface area contributed by atoms with Crippen LogP contribution in [0.25, 0.3) is 0 Å². The van der Waals surface area contributed by atoms with Crippen LogP contribution < -0.4 is 0 Å². The molecule has 1 N–H and O–H groups in total. The maximum atomic E-state index is 11.0. The van der Waals surface area contributed by atoms with Gasteiger partial charge in [-0.3, -0.25) is 20.2 Å². The Morgan fingerprint density at radius 1 is 1.16 bits per heavy atom. The lowest BCUT2D eigenvalue weighted by atomic mass is 10.0. The van der Waals surface area contributed by atoms with Gasteiger partial charge in [-0.25, -0.2) is 0 Å². The summed E-state index contributed by atoms with van der Waals surface area (Å²) in [6.07, 6.45) is 0. The quantitative estimate of drug-likeness (QED) is 0.346. The highest BCUT2D eigenvalue weighted by atomic mass is 35.5. The lowest BCUT2D eigenvalue weighted by Crippen LogP contribution is -2.22. The van der Waals surface area contributed by atoms with Gasteiger partial charge in [-0.1, -0.05) is 11.6 Å². The third-order valence-corrected chi connectivity index (χ3v) is 2.98. The van der Waals surface area contributed by atoms with Crippen molar-refractivity contribution in [2.24, 2.45) is 16.1 Å². The van der Waals surface area contributed by atoms with Gasteiger partial charge >= 0.3 is 5.69 Å². The molecule has 0 saturated heterocycles. The van der Waals surface area contributed by atoms with Gasteiger partial charge in [0.05, 0.1) is 44.9 Å². The summed E-state index contributed by atoms with van der Waals surface area (Å²) in [5.41, 5.74) is -2.70. The molecule has 13 heteroatoms.